The summed E-state index contributed by atoms with van der Waals surface area (Å²) in [5.41, 5.74) is 5.73. The van der Waals surface area contributed by atoms with Gasteiger partial charge in [0.25, 0.3) is 5.56 Å². The van der Waals surface area contributed by atoms with Crippen LogP contribution in [0.5, 0.6) is 0 Å². The average molecular weight is 400 g/mol. The number of H-pyrrole nitrogens is 3. The van der Waals surface area contributed by atoms with Crippen molar-refractivity contribution >= 4 is 16.7 Å². The Morgan fingerprint density at radius 2 is 2.13 bits per heavy atom. The van der Waals surface area contributed by atoms with Crippen molar-refractivity contribution in [3.8, 4) is 17.1 Å². The van der Waals surface area contributed by atoms with Gasteiger partial charge in [0.2, 0.25) is 0 Å². The zero-order valence-electron chi connectivity index (χ0n) is 16.3. The summed E-state index contributed by atoms with van der Waals surface area (Å²) in [4.78, 5) is 34.7. The highest BCUT2D eigenvalue weighted by molar-refractivity contribution is 5.86. The first-order valence-electron chi connectivity index (χ1n) is 9.61. The van der Waals surface area contributed by atoms with Crippen LogP contribution in [0.15, 0.2) is 60.4 Å². The largest absolute Gasteiger partial charge is 0.384 e. The summed E-state index contributed by atoms with van der Waals surface area (Å²) >= 11 is 0. The van der Waals surface area contributed by atoms with E-state index in [1.165, 1.54) is 0 Å². The molecule has 0 fully saturated rings. The van der Waals surface area contributed by atoms with E-state index < -0.39 is 0 Å². The van der Waals surface area contributed by atoms with E-state index in [-0.39, 0.29) is 5.56 Å². The fourth-order valence-electron chi connectivity index (χ4n) is 3.56. The number of nitrogens with one attached hydrogen (secondary N) is 4. The molecule has 0 aliphatic heterocycles. The van der Waals surface area contributed by atoms with Crippen molar-refractivity contribution in [2.24, 2.45) is 0 Å². The van der Waals surface area contributed by atoms with Crippen LogP contribution in [-0.4, -0.2) is 41.0 Å². The van der Waals surface area contributed by atoms with Crippen LogP contribution in [0.1, 0.15) is 11.3 Å². The third-order valence-corrected chi connectivity index (χ3v) is 5.03. The van der Waals surface area contributed by atoms with Gasteiger partial charge in [-0.05, 0) is 30.7 Å². The first kappa shape index (κ1) is 17.9. The van der Waals surface area contributed by atoms with Gasteiger partial charge in [0.15, 0.2) is 0 Å². The van der Waals surface area contributed by atoms with Gasteiger partial charge in [-0.2, -0.15) is 0 Å². The molecule has 0 saturated heterocycles. The summed E-state index contributed by atoms with van der Waals surface area (Å²) < 4.78 is 1.94. The van der Waals surface area contributed by atoms with Crippen LogP contribution in [0.4, 0.5) is 5.69 Å². The van der Waals surface area contributed by atoms with Gasteiger partial charge in [0.05, 0.1) is 29.4 Å². The van der Waals surface area contributed by atoms with Gasteiger partial charge in [-0.25, -0.2) is 15.0 Å². The van der Waals surface area contributed by atoms with Crippen molar-refractivity contribution < 1.29 is 0 Å². The van der Waals surface area contributed by atoms with E-state index in [9.17, 15) is 4.79 Å². The highest BCUT2D eigenvalue weighted by Crippen LogP contribution is 2.27. The number of rotatable bonds is 6. The van der Waals surface area contributed by atoms with Gasteiger partial charge in [-0.1, -0.05) is 0 Å². The van der Waals surface area contributed by atoms with E-state index in [1.807, 2.05) is 35.9 Å². The average Bonchev–Trinajstić information content (AvgIpc) is 3.49. The van der Waals surface area contributed by atoms with Crippen LogP contribution in [-0.2, 0) is 6.42 Å². The molecule has 0 bridgehead atoms. The molecule has 0 radical (unpaired) electrons. The maximum atomic E-state index is 12.7. The van der Waals surface area contributed by atoms with E-state index in [4.69, 9.17) is 4.98 Å². The van der Waals surface area contributed by atoms with Crippen molar-refractivity contribution in [1.29, 1.82) is 0 Å². The van der Waals surface area contributed by atoms with E-state index in [2.05, 4.69) is 30.2 Å². The van der Waals surface area contributed by atoms with Crippen LogP contribution >= 0.6 is 0 Å². The minimum Gasteiger partial charge on any atom is -0.384 e. The SMILES string of the molecule is Cc1cc(-n2ccnc2)cc2[nH]c(-c3c(NCCc4cnc[nH]4)cc[nH]c3=O)nc12. The standard InChI is InChI=1S/C21H20N8O/c1-13-8-15(29-7-6-22-12-29)9-17-19(13)28-20(27-17)18-16(3-5-25-21(18)30)24-4-2-14-10-23-11-26-14/h3,5-12H,2,4H2,1H3,(H,23,26)(H,27,28)(H2,24,25,30). The highest BCUT2D eigenvalue weighted by Gasteiger charge is 2.16. The summed E-state index contributed by atoms with van der Waals surface area (Å²) in [6.07, 6.45) is 11.2. The predicted molar refractivity (Wildman–Crippen MR) is 115 cm³/mol. The number of nitrogens with zero attached hydrogens (tertiary/aromatic N) is 4. The number of hydrogen-bond acceptors (Lipinski definition) is 5. The predicted octanol–water partition coefficient (Wildman–Crippen LogP) is 2.79. The third kappa shape index (κ3) is 3.26. The fraction of sp³-hybridized carbons (Fsp3) is 0.143. The van der Waals surface area contributed by atoms with Crippen molar-refractivity contribution in [2.45, 2.75) is 13.3 Å². The molecule has 1 aromatic carbocycles. The van der Waals surface area contributed by atoms with Crippen LogP contribution in [0, 0.1) is 6.92 Å². The first-order valence-corrected chi connectivity index (χ1v) is 9.61. The summed E-state index contributed by atoms with van der Waals surface area (Å²) in [5, 5.41) is 3.34. The normalized spacial score (nSPS) is 11.2. The molecule has 0 saturated carbocycles. The molecule has 4 N–H and O–H groups in total. The first-order chi connectivity index (χ1) is 14.7. The number of benzene rings is 1. The zero-order valence-corrected chi connectivity index (χ0v) is 16.3. The molecular formula is C21H20N8O. The van der Waals surface area contributed by atoms with Crippen molar-refractivity contribution in [2.75, 3.05) is 11.9 Å². The summed E-state index contributed by atoms with van der Waals surface area (Å²) in [5.74, 6) is 0.529. The number of aryl methyl sites for hydroxylation is 1. The van der Waals surface area contributed by atoms with Crippen molar-refractivity contribution in [3.63, 3.8) is 0 Å². The lowest BCUT2D eigenvalue weighted by atomic mass is 10.2. The lowest BCUT2D eigenvalue weighted by Crippen LogP contribution is -2.14. The molecule has 4 heterocycles. The number of fused-ring (bicyclic) bond motifs is 1. The van der Waals surface area contributed by atoms with Gasteiger partial charge >= 0.3 is 0 Å². The lowest BCUT2D eigenvalue weighted by molar-refractivity contribution is 0.975. The molecule has 0 atom stereocenters. The molecule has 5 aromatic rings. The van der Waals surface area contributed by atoms with Crippen LogP contribution < -0.4 is 10.9 Å². The summed E-state index contributed by atoms with van der Waals surface area (Å²) in [7, 11) is 0. The van der Waals surface area contributed by atoms with Crippen molar-refractivity contribution in [1.82, 2.24) is 34.5 Å². The van der Waals surface area contributed by atoms with Crippen LogP contribution in [0.2, 0.25) is 0 Å². The molecule has 0 aliphatic rings. The van der Waals surface area contributed by atoms with Gasteiger partial charge in [0.1, 0.15) is 11.4 Å². The minimum atomic E-state index is -0.201. The second-order valence-electron chi connectivity index (χ2n) is 7.06. The number of imidazole rings is 3. The van der Waals surface area contributed by atoms with Gasteiger partial charge < -0.3 is 24.8 Å². The molecule has 150 valence electrons. The molecule has 0 amide bonds. The molecule has 30 heavy (non-hydrogen) atoms. The van der Waals surface area contributed by atoms with Gasteiger partial charge in [0, 0.05) is 49.1 Å². The Kier molecular flexibility index (Phi) is 4.40. The van der Waals surface area contributed by atoms with Crippen molar-refractivity contribution in [3.05, 3.63) is 77.3 Å². The number of aromatic nitrogens is 7. The Bertz CT molecular complexity index is 1350. The second kappa shape index (κ2) is 7.36. The summed E-state index contributed by atoms with van der Waals surface area (Å²) in [6, 6.07) is 5.90. The monoisotopic (exact) mass is 400 g/mol. The number of hydrogen-bond donors (Lipinski definition) is 4. The number of pyridine rings is 1. The van der Waals surface area contributed by atoms with Crippen LogP contribution in [0.3, 0.4) is 0 Å². The molecule has 0 unspecified atom stereocenters. The Morgan fingerprint density at radius 1 is 1.20 bits per heavy atom. The quantitative estimate of drug-likeness (QED) is 0.349. The minimum absolute atomic E-state index is 0.201. The highest BCUT2D eigenvalue weighted by atomic mass is 16.1. The van der Waals surface area contributed by atoms with E-state index in [0.717, 1.165) is 40.1 Å². The molecule has 5 rings (SSSR count). The molecule has 0 spiro atoms. The van der Waals surface area contributed by atoms with Gasteiger partial charge in [-0.3, -0.25) is 4.79 Å². The van der Waals surface area contributed by atoms with E-state index in [0.29, 0.717) is 17.9 Å². The number of aromatic amines is 3. The van der Waals surface area contributed by atoms with Gasteiger partial charge in [-0.15, -0.1) is 0 Å². The van der Waals surface area contributed by atoms with Crippen LogP contribution in [0.25, 0.3) is 28.1 Å². The Hall–Kier alpha value is -4.14. The third-order valence-electron chi connectivity index (χ3n) is 5.03. The molecule has 0 aliphatic carbocycles. The Balaban J connectivity index is 1.51. The Labute approximate surface area is 171 Å². The molecule has 4 aromatic heterocycles. The fourth-order valence-corrected chi connectivity index (χ4v) is 3.56. The maximum absolute atomic E-state index is 12.7. The molecule has 9 heteroatoms. The van der Waals surface area contributed by atoms with E-state index >= 15 is 0 Å². The second-order valence-corrected chi connectivity index (χ2v) is 7.06. The maximum Gasteiger partial charge on any atom is 0.261 e. The zero-order chi connectivity index (χ0) is 20.5. The lowest BCUT2D eigenvalue weighted by Gasteiger charge is -2.09. The topological polar surface area (TPSA) is 120 Å². The summed E-state index contributed by atoms with van der Waals surface area (Å²) in [6.45, 7) is 2.66. The van der Waals surface area contributed by atoms with E-state index in [1.54, 1.807) is 31.2 Å². The number of anilines is 1. The Morgan fingerprint density at radius 3 is 2.93 bits per heavy atom. The smallest absolute Gasteiger partial charge is 0.261 e. The molecule has 9 nitrogen and oxygen atoms in total. The molecular weight excluding hydrogens is 380 g/mol.